The molecule has 0 aliphatic heterocycles. The summed E-state index contributed by atoms with van der Waals surface area (Å²) in [6, 6.07) is 12.6. The predicted molar refractivity (Wildman–Crippen MR) is 80.2 cm³/mol. The molecule has 2 aromatic rings. The summed E-state index contributed by atoms with van der Waals surface area (Å²) in [6.07, 6.45) is 0. The molecular formula is C15H12BrClO2. The van der Waals surface area contributed by atoms with E-state index in [1.54, 1.807) is 24.3 Å². The Balaban J connectivity index is 2.06. The summed E-state index contributed by atoms with van der Waals surface area (Å²) in [4.78, 5) is 12.0. The molecule has 0 spiro atoms. The molecule has 0 heterocycles. The SMILES string of the molecule is Cc1ccc(Cl)cc1OCC(=O)c1cccc(Br)c1. The number of aryl methyl sites for hydroxylation is 1. The van der Waals surface area contributed by atoms with Gasteiger partial charge in [-0.1, -0.05) is 45.7 Å². The molecule has 2 aromatic carbocycles. The summed E-state index contributed by atoms with van der Waals surface area (Å²) in [5, 5.41) is 0.593. The van der Waals surface area contributed by atoms with Gasteiger partial charge < -0.3 is 4.74 Å². The molecule has 2 nitrogen and oxygen atoms in total. The highest BCUT2D eigenvalue weighted by molar-refractivity contribution is 9.10. The molecule has 2 rings (SSSR count). The summed E-state index contributed by atoms with van der Waals surface area (Å²) in [6.45, 7) is 1.91. The van der Waals surface area contributed by atoms with Crippen LogP contribution in [0.2, 0.25) is 5.02 Å². The van der Waals surface area contributed by atoms with Gasteiger partial charge >= 0.3 is 0 Å². The van der Waals surface area contributed by atoms with Gasteiger partial charge in [-0.3, -0.25) is 4.79 Å². The maximum atomic E-state index is 12.0. The van der Waals surface area contributed by atoms with E-state index in [4.69, 9.17) is 16.3 Å². The second kappa shape index (κ2) is 6.22. The molecule has 0 bridgehead atoms. The summed E-state index contributed by atoms with van der Waals surface area (Å²) < 4.78 is 6.40. The van der Waals surface area contributed by atoms with E-state index in [0.29, 0.717) is 16.3 Å². The number of ketones is 1. The van der Waals surface area contributed by atoms with Crippen LogP contribution in [0.4, 0.5) is 0 Å². The first-order chi connectivity index (χ1) is 9.06. The van der Waals surface area contributed by atoms with Gasteiger partial charge in [0.05, 0.1) is 0 Å². The number of carbonyl (C=O) groups is 1. The van der Waals surface area contributed by atoms with Gasteiger partial charge in [-0.15, -0.1) is 0 Å². The van der Waals surface area contributed by atoms with Crippen molar-refractivity contribution in [3.8, 4) is 5.75 Å². The van der Waals surface area contributed by atoms with E-state index in [0.717, 1.165) is 10.0 Å². The van der Waals surface area contributed by atoms with Crippen molar-refractivity contribution in [2.24, 2.45) is 0 Å². The molecule has 4 heteroatoms. The average Bonchev–Trinajstić information content (AvgIpc) is 2.39. The molecular weight excluding hydrogens is 328 g/mol. The molecule has 0 saturated carbocycles. The van der Waals surface area contributed by atoms with E-state index in [1.807, 2.05) is 25.1 Å². The fourth-order valence-electron chi connectivity index (χ4n) is 1.62. The molecule has 0 aromatic heterocycles. The molecule has 98 valence electrons. The van der Waals surface area contributed by atoms with Crippen LogP contribution in [-0.4, -0.2) is 12.4 Å². The Labute approximate surface area is 125 Å². The molecule has 0 N–H and O–H groups in total. The standard InChI is InChI=1S/C15H12BrClO2/c1-10-5-6-13(17)8-15(10)19-9-14(18)11-3-2-4-12(16)7-11/h2-8H,9H2,1H3. The Kier molecular flexibility index (Phi) is 4.61. The molecule has 0 fully saturated rings. The fourth-order valence-corrected chi connectivity index (χ4v) is 2.18. The van der Waals surface area contributed by atoms with E-state index in [2.05, 4.69) is 15.9 Å². The van der Waals surface area contributed by atoms with Crippen molar-refractivity contribution in [3.05, 3.63) is 63.1 Å². The number of halogens is 2. The first-order valence-electron chi connectivity index (χ1n) is 5.74. The van der Waals surface area contributed by atoms with Crippen LogP contribution in [-0.2, 0) is 0 Å². The third-order valence-electron chi connectivity index (χ3n) is 2.66. The highest BCUT2D eigenvalue weighted by Crippen LogP contribution is 2.22. The number of rotatable bonds is 4. The third-order valence-corrected chi connectivity index (χ3v) is 3.38. The Bertz CT molecular complexity index is 611. The van der Waals surface area contributed by atoms with Crippen LogP contribution in [0.1, 0.15) is 15.9 Å². The molecule has 0 aliphatic rings. The van der Waals surface area contributed by atoms with E-state index in [1.165, 1.54) is 0 Å². The zero-order chi connectivity index (χ0) is 13.8. The largest absolute Gasteiger partial charge is 0.485 e. The van der Waals surface area contributed by atoms with Crippen molar-refractivity contribution in [3.63, 3.8) is 0 Å². The lowest BCUT2D eigenvalue weighted by molar-refractivity contribution is 0.0921. The number of hydrogen-bond acceptors (Lipinski definition) is 2. The van der Waals surface area contributed by atoms with Gasteiger partial charge in [-0.25, -0.2) is 0 Å². The number of carbonyl (C=O) groups excluding carboxylic acids is 1. The zero-order valence-electron chi connectivity index (χ0n) is 10.3. The van der Waals surface area contributed by atoms with Crippen LogP contribution in [0.15, 0.2) is 46.9 Å². The van der Waals surface area contributed by atoms with Crippen molar-refractivity contribution >= 4 is 33.3 Å². The monoisotopic (exact) mass is 338 g/mol. The minimum Gasteiger partial charge on any atom is -0.485 e. The second-order valence-electron chi connectivity index (χ2n) is 4.13. The topological polar surface area (TPSA) is 26.3 Å². The Hall–Kier alpha value is -1.32. The van der Waals surface area contributed by atoms with Crippen LogP contribution < -0.4 is 4.74 Å². The van der Waals surface area contributed by atoms with Crippen LogP contribution >= 0.6 is 27.5 Å². The number of benzene rings is 2. The maximum Gasteiger partial charge on any atom is 0.200 e. The van der Waals surface area contributed by atoms with E-state index >= 15 is 0 Å². The molecule has 0 amide bonds. The normalized spacial score (nSPS) is 10.3. The molecule has 0 aliphatic carbocycles. The van der Waals surface area contributed by atoms with Crippen LogP contribution in [0, 0.1) is 6.92 Å². The van der Waals surface area contributed by atoms with Crippen molar-refractivity contribution in [1.82, 2.24) is 0 Å². The minimum atomic E-state index is -0.0688. The lowest BCUT2D eigenvalue weighted by Gasteiger charge is -2.09. The van der Waals surface area contributed by atoms with Crippen molar-refractivity contribution in [1.29, 1.82) is 0 Å². The van der Waals surface area contributed by atoms with Crippen molar-refractivity contribution in [2.75, 3.05) is 6.61 Å². The van der Waals surface area contributed by atoms with Gasteiger partial charge in [-0.2, -0.15) is 0 Å². The van der Waals surface area contributed by atoms with Crippen LogP contribution in [0.25, 0.3) is 0 Å². The van der Waals surface area contributed by atoms with Gasteiger partial charge in [0, 0.05) is 15.1 Å². The molecule has 0 saturated heterocycles. The fraction of sp³-hybridized carbons (Fsp3) is 0.133. The van der Waals surface area contributed by atoms with Gasteiger partial charge in [0.15, 0.2) is 12.4 Å². The summed E-state index contributed by atoms with van der Waals surface area (Å²) in [5.74, 6) is 0.566. The lowest BCUT2D eigenvalue weighted by atomic mass is 10.1. The zero-order valence-corrected chi connectivity index (χ0v) is 12.7. The Morgan fingerprint density at radius 3 is 2.79 bits per heavy atom. The van der Waals surface area contributed by atoms with E-state index < -0.39 is 0 Å². The summed E-state index contributed by atoms with van der Waals surface area (Å²) >= 11 is 9.24. The molecule has 0 atom stereocenters. The van der Waals surface area contributed by atoms with Gasteiger partial charge in [0.25, 0.3) is 0 Å². The molecule has 19 heavy (non-hydrogen) atoms. The van der Waals surface area contributed by atoms with E-state index in [9.17, 15) is 4.79 Å². The quantitative estimate of drug-likeness (QED) is 0.757. The Morgan fingerprint density at radius 1 is 1.26 bits per heavy atom. The predicted octanol–water partition coefficient (Wildman–Crippen LogP) is 4.67. The minimum absolute atomic E-state index is 0.00235. The van der Waals surface area contributed by atoms with Gasteiger partial charge in [-0.05, 0) is 36.8 Å². The number of Topliss-reactive ketones (excluding diaryl/α,β-unsaturated/α-hetero) is 1. The van der Waals surface area contributed by atoms with Crippen LogP contribution in [0.5, 0.6) is 5.75 Å². The summed E-state index contributed by atoms with van der Waals surface area (Å²) in [5.41, 5.74) is 1.57. The highest BCUT2D eigenvalue weighted by Gasteiger charge is 2.08. The molecule has 0 radical (unpaired) electrons. The number of hydrogen-bond donors (Lipinski definition) is 0. The van der Waals surface area contributed by atoms with E-state index in [-0.39, 0.29) is 12.4 Å². The Morgan fingerprint density at radius 2 is 2.05 bits per heavy atom. The van der Waals surface area contributed by atoms with Gasteiger partial charge in [0.1, 0.15) is 5.75 Å². The second-order valence-corrected chi connectivity index (χ2v) is 5.48. The third kappa shape index (κ3) is 3.82. The van der Waals surface area contributed by atoms with Crippen molar-refractivity contribution < 1.29 is 9.53 Å². The first kappa shape index (κ1) is 14.1. The molecule has 0 unspecified atom stereocenters. The van der Waals surface area contributed by atoms with Gasteiger partial charge in [0.2, 0.25) is 0 Å². The highest BCUT2D eigenvalue weighted by atomic mass is 79.9. The maximum absolute atomic E-state index is 12.0. The van der Waals surface area contributed by atoms with Crippen molar-refractivity contribution in [2.45, 2.75) is 6.92 Å². The smallest absolute Gasteiger partial charge is 0.200 e. The number of ether oxygens (including phenoxy) is 1. The average molecular weight is 340 g/mol. The lowest BCUT2D eigenvalue weighted by Crippen LogP contribution is -2.12. The summed E-state index contributed by atoms with van der Waals surface area (Å²) in [7, 11) is 0. The van der Waals surface area contributed by atoms with Crippen LogP contribution in [0.3, 0.4) is 0 Å². The first-order valence-corrected chi connectivity index (χ1v) is 6.91.